The van der Waals surface area contributed by atoms with Crippen molar-refractivity contribution in [3.63, 3.8) is 0 Å². The second-order valence-corrected chi connectivity index (χ2v) is 6.78. The molecule has 0 unspecified atom stereocenters. The highest BCUT2D eigenvalue weighted by Crippen LogP contribution is 2.34. The minimum Gasteiger partial charge on any atom is -0.463 e. The summed E-state index contributed by atoms with van der Waals surface area (Å²) in [7, 11) is 1.24. The average molecular weight is 386 g/mol. The summed E-state index contributed by atoms with van der Waals surface area (Å²) in [5, 5.41) is 2.74. The van der Waals surface area contributed by atoms with Crippen molar-refractivity contribution in [1.82, 2.24) is 10.2 Å². The fourth-order valence-corrected chi connectivity index (χ4v) is 3.30. The molecule has 146 valence electrons. The summed E-state index contributed by atoms with van der Waals surface area (Å²) in [5.41, 5.74) is -0.282. The van der Waals surface area contributed by atoms with E-state index in [9.17, 15) is 14.4 Å². The lowest BCUT2D eigenvalue weighted by atomic mass is 9.92. The zero-order valence-corrected chi connectivity index (χ0v) is 15.3. The van der Waals surface area contributed by atoms with E-state index in [1.807, 2.05) is 6.07 Å². The molecule has 0 aliphatic carbocycles. The van der Waals surface area contributed by atoms with E-state index in [0.29, 0.717) is 17.3 Å². The molecule has 0 bridgehead atoms. The number of fused-ring (bicyclic) bond motifs is 1. The van der Waals surface area contributed by atoms with E-state index < -0.39 is 17.5 Å². The summed E-state index contributed by atoms with van der Waals surface area (Å²) in [6.45, 7) is 1.74. The van der Waals surface area contributed by atoms with Crippen molar-refractivity contribution in [2.75, 3.05) is 13.9 Å². The first-order chi connectivity index (χ1) is 13.4. The summed E-state index contributed by atoms with van der Waals surface area (Å²) in [6.07, 6.45) is 0.288. The summed E-state index contributed by atoms with van der Waals surface area (Å²) >= 11 is 0. The number of amides is 3. The second-order valence-electron chi connectivity index (χ2n) is 6.78. The van der Waals surface area contributed by atoms with Crippen LogP contribution in [-0.2, 0) is 22.5 Å². The lowest BCUT2D eigenvalue weighted by Gasteiger charge is -2.21. The summed E-state index contributed by atoms with van der Waals surface area (Å²) in [5.74, 6) is 0.559. The van der Waals surface area contributed by atoms with Crippen LogP contribution in [0, 0.1) is 0 Å². The lowest BCUT2D eigenvalue weighted by molar-refractivity contribution is -0.131. The molecule has 0 saturated carbocycles. The standard InChI is InChI=1S/C19H18N2O7/c1-19(8-11-3-5-13-15(7-11)27-10-26-13)17(23)21(18(24)20-19)9-12-4-6-14(28-12)16(22)25-2/h3-7H,8-10H2,1-2H3,(H,20,24)/t19-/m0/s1. The number of carbonyl (C=O) groups is 3. The number of nitrogens with zero attached hydrogens (tertiary/aromatic N) is 1. The molecule has 1 saturated heterocycles. The normalized spacial score (nSPS) is 20.4. The van der Waals surface area contributed by atoms with Crippen LogP contribution in [0.5, 0.6) is 11.5 Å². The Morgan fingerprint density at radius 2 is 2.00 bits per heavy atom. The van der Waals surface area contributed by atoms with Gasteiger partial charge >= 0.3 is 12.0 Å². The molecule has 1 aromatic heterocycles. The van der Waals surface area contributed by atoms with E-state index >= 15 is 0 Å². The SMILES string of the molecule is COC(=O)c1ccc(CN2C(=O)N[C@@](C)(Cc3ccc4c(c3)OCO4)C2=O)o1. The topological polar surface area (TPSA) is 107 Å². The summed E-state index contributed by atoms with van der Waals surface area (Å²) in [4.78, 5) is 37.9. The largest absolute Gasteiger partial charge is 0.463 e. The molecule has 2 aliphatic rings. The average Bonchev–Trinajstić information content (AvgIpc) is 3.37. The number of hydrogen-bond acceptors (Lipinski definition) is 7. The van der Waals surface area contributed by atoms with Gasteiger partial charge in [0, 0.05) is 6.42 Å². The van der Waals surface area contributed by atoms with Crippen molar-refractivity contribution in [1.29, 1.82) is 0 Å². The highest BCUT2D eigenvalue weighted by molar-refractivity contribution is 6.06. The van der Waals surface area contributed by atoms with Crippen LogP contribution >= 0.6 is 0 Å². The maximum absolute atomic E-state index is 12.9. The van der Waals surface area contributed by atoms with Crippen molar-refractivity contribution >= 4 is 17.9 Å². The maximum atomic E-state index is 12.9. The Bertz CT molecular complexity index is 967. The van der Waals surface area contributed by atoms with Gasteiger partial charge in [0.25, 0.3) is 5.91 Å². The van der Waals surface area contributed by atoms with E-state index in [2.05, 4.69) is 10.1 Å². The monoisotopic (exact) mass is 386 g/mol. The van der Waals surface area contributed by atoms with Crippen LogP contribution in [0.1, 0.15) is 28.8 Å². The van der Waals surface area contributed by atoms with Gasteiger partial charge in [0.2, 0.25) is 12.6 Å². The number of imide groups is 1. The van der Waals surface area contributed by atoms with Gasteiger partial charge < -0.3 is 23.9 Å². The van der Waals surface area contributed by atoms with Crippen LogP contribution in [0.15, 0.2) is 34.7 Å². The number of furan rings is 1. The quantitative estimate of drug-likeness (QED) is 0.617. The molecule has 1 aromatic carbocycles. The smallest absolute Gasteiger partial charge is 0.373 e. The van der Waals surface area contributed by atoms with Gasteiger partial charge in [-0.15, -0.1) is 0 Å². The minimum atomic E-state index is -1.11. The van der Waals surface area contributed by atoms with E-state index in [0.717, 1.165) is 10.5 Å². The van der Waals surface area contributed by atoms with Crippen molar-refractivity contribution in [2.24, 2.45) is 0 Å². The molecule has 2 aromatic rings. The highest BCUT2D eigenvalue weighted by Gasteiger charge is 2.48. The van der Waals surface area contributed by atoms with Gasteiger partial charge in [-0.1, -0.05) is 6.07 Å². The first-order valence-electron chi connectivity index (χ1n) is 8.59. The third-order valence-electron chi connectivity index (χ3n) is 4.70. The molecule has 1 atom stereocenters. The van der Waals surface area contributed by atoms with Crippen molar-refractivity contribution in [2.45, 2.75) is 25.4 Å². The fraction of sp³-hybridized carbons (Fsp3) is 0.316. The van der Waals surface area contributed by atoms with Crippen LogP contribution in [0.4, 0.5) is 4.79 Å². The molecule has 9 nitrogen and oxygen atoms in total. The molecule has 4 rings (SSSR count). The predicted octanol–water partition coefficient (Wildman–Crippen LogP) is 1.85. The molecule has 9 heteroatoms. The Morgan fingerprint density at radius 1 is 1.21 bits per heavy atom. The third-order valence-corrected chi connectivity index (χ3v) is 4.70. The molecule has 1 fully saturated rings. The van der Waals surface area contributed by atoms with Crippen molar-refractivity contribution in [3.8, 4) is 11.5 Å². The molecule has 1 N–H and O–H groups in total. The zero-order chi connectivity index (χ0) is 19.9. The first-order valence-corrected chi connectivity index (χ1v) is 8.59. The van der Waals surface area contributed by atoms with Gasteiger partial charge in [-0.3, -0.25) is 9.69 Å². The molecular weight excluding hydrogens is 368 g/mol. The summed E-state index contributed by atoms with van der Waals surface area (Å²) < 4.78 is 20.6. The number of hydrogen-bond donors (Lipinski definition) is 1. The van der Waals surface area contributed by atoms with Crippen LogP contribution in [0.2, 0.25) is 0 Å². The molecule has 3 amide bonds. The minimum absolute atomic E-state index is 0.00711. The van der Waals surface area contributed by atoms with Crippen LogP contribution < -0.4 is 14.8 Å². The number of ether oxygens (including phenoxy) is 3. The van der Waals surface area contributed by atoms with E-state index in [1.54, 1.807) is 19.1 Å². The molecule has 0 spiro atoms. The Kier molecular flexibility index (Phi) is 4.21. The van der Waals surface area contributed by atoms with Gasteiger partial charge in [0.05, 0.1) is 13.7 Å². The number of benzene rings is 1. The Balaban J connectivity index is 1.49. The number of urea groups is 1. The van der Waals surface area contributed by atoms with Crippen LogP contribution in [-0.4, -0.2) is 42.2 Å². The molecular formula is C19H18N2O7. The van der Waals surface area contributed by atoms with Crippen LogP contribution in [0.3, 0.4) is 0 Å². The Morgan fingerprint density at radius 3 is 2.79 bits per heavy atom. The number of carbonyl (C=O) groups excluding carboxylic acids is 3. The summed E-state index contributed by atoms with van der Waals surface area (Å²) in [6, 6.07) is 7.84. The Labute approximate surface area is 160 Å². The van der Waals surface area contributed by atoms with Crippen molar-refractivity contribution < 1.29 is 33.0 Å². The van der Waals surface area contributed by atoms with E-state index in [4.69, 9.17) is 13.9 Å². The number of esters is 1. The second kappa shape index (κ2) is 6.59. The lowest BCUT2D eigenvalue weighted by Crippen LogP contribution is -2.45. The van der Waals surface area contributed by atoms with Gasteiger partial charge in [-0.05, 0) is 36.8 Å². The fourth-order valence-electron chi connectivity index (χ4n) is 3.30. The molecule has 28 heavy (non-hydrogen) atoms. The maximum Gasteiger partial charge on any atom is 0.373 e. The predicted molar refractivity (Wildman–Crippen MR) is 93.8 cm³/mol. The zero-order valence-electron chi connectivity index (χ0n) is 15.3. The van der Waals surface area contributed by atoms with Gasteiger partial charge in [-0.2, -0.15) is 0 Å². The van der Waals surface area contributed by atoms with Gasteiger partial charge in [0.15, 0.2) is 11.5 Å². The van der Waals surface area contributed by atoms with E-state index in [1.165, 1.54) is 19.2 Å². The number of methoxy groups -OCH3 is 1. The molecule has 3 heterocycles. The highest BCUT2D eigenvalue weighted by atomic mass is 16.7. The van der Waals surface area contributed by atoms with Crippen molar-refractivity contribution in [3.05, 3.63) is 47.4 Å². The van der Waals surface area contributed by atoms with Gasteiger partial charge in [0.1, 0.15) is 11.3 Å². The number of rotatable bonds is 5. The van der Waals surface area contributed by atoms with Gasteiger partial charge in [-0.25, -0.2) is 9.59 Å². The molecule has 0 radical (unpaired) electrons. The third kappa shape index (κ3) is 3.04. The first kappa shape index (κ1) is 17.9. The number of nitrogens with one attached hydrogen (secondary N) is 1. The van der Waals surface area contributed by atoms with E-state index in [-0.39, 0.29) is 31.4 Å². The Hall–Kier alpha value is -3.49. The molecule has 2 aliphatic heterocycles. The van der Waals surface area contributed by atoms with Crippen LogP contribution in [0.25, 0.3) is 0 Å².